The van der Waals surface area contributed by atoms with Gasteiger partial charge in [0.05, 0.1) is 0 Å². The maximum absolute atomic E-state index is 5.88. The van der Waals surface area contributed by atoms with E-state index in [1.165, 1.54) is 0 Å². The van der Waals surface area contributed by atoms with Gasteiger partial charge in [0.1, 0.15) is 5.15 Å². The molecule has 0 bridgehead atoms. The van der Waals surface area contributed by atoms with Gasteiger partial charge in [0.15, 0.2) is 0 Å². The summed E-state index contributed by atoms with van der Waals surface area (Å²) in [6, 6.07) is 7.98. The van der Waals surface area contributed by atoms with E-state index in [9.17, 15) is 0 Å². The third-order valence-corrected chi connectivity index (χ3v) is 3.11. The molecule has 0 radical (unpaired) electrons. The Hall–Kier alpha value is -1.17. The van der Waals surface area contributed by atoms with Crippen LogP contribution in [0.15, 0.2) is 30.5 Å². The van der Waals surface area contributed by atoms with E-state index in [2.05, 4.69) is 41.0 Å². The van der Waals surface area contributed by atoms with Crippen LogP contribution in [0.4, 0.5) is 0 Å². The molecule has 0 unspecified atom stereocenters. The van der Waals surface area contributed by atoms with Crippen LogP contribution in [0.5, 0.6) is 0 Å². The van der Waals surface area contributed by atoms with Gasteiger partial charge in [-0.1, -0.05) is 23.6 Å². The van der Waals surface area contributed by atoms with Gasteiger partial charge < -0.3 is 0 Å². The van der Waals surface area contributed by atoms with Gasteiger partial charge in [0.2, 0.25) is 0 Å². The van der Waals surface area contributed by atoms with Crippen LogP contribution in [-0.4, -0.2) is 23.8 Å². The summed E-state index contributed by atoms with van der Waals surface area (Å²) in [6.45, 7) is 0. The van der Waals surface area contributed by atoms with E-state index in [0.717, 1.165) is 16.3 Å². The van der Waals surface area contributed by atoms with Crippen molar-refractivity contribution < 1.29 is 0 Å². The van der Waals surface area contributed by atoms with Crippen molar-refractivity contribution in [2.75, 3.05) is 18.8 Å². The molecule has 88 valence electrons. The normalized spacial score (nSPS) is 12.0. The predicted octanol–water partition coefficient (Wildman–Crippen LogP) is 3.89. The summed E-state index contributed by atoms with van der Waals surface area (Å²) in [4.78, 5) is 4.06. The highest BCUT2D eigenvalue weighted by atomic mass is 35.5. The fraction of sp³-hybridized carbons (Fsp3) is 0.214. The average Bonchev–Trinajstić information content (AvgIpc) is 2.24. The SMILES string of the molecule is CS(C)(C)C#Cc1ccc2cnc(Cl)cc2c1. The van der Waals surface area contributed by atoms with Crippen molar-refractivity contribution >= 4 is 32.4 Å². The summed E-state index contributed by atoms with van der Waals surface area (Å²) in [6.07, 6.45) is 8.33. The molecule has 0 fully saturated rings. The molecule has 3 heteroatoms. The molecule has 0 spiro atoms. The van der Waals surface area contributed by atoms with Crippen LogP contribution in [0.1, 0.15) is 5.56 Å². The van der Waals surface area contributed by atoms with Gasteiger partial charge in [-0.3, -0.25) is 0 Å². The first kappa shape index (κ1) is 12.3. The average molecular weight is 264 g/mol. The fourth-order valence-electron chi connectivity index (χ4n) is 1.40. The summed E-state index contributed by atoms with van der Waals surface area (Å²) in [7, 11) is -0.783. The lowest BCUT2D eigenvalue weighted by Crippen LogP contribution is -1.85. The molecule has 2 rings (SSSR count). The number of rotatable bonds is 0. The lowest BCUT2D eigenvalue weighted by atomic mass is 10.1. The highest BCUT2D eigenvalue weighted by molar-refractivity contribution is 8.35. The third kappa shape index (κ3) is 3.39. The molecule has 0 aliphatic carbocycles. The predicted molar refractivity (Wildman–Crippen MR) is 79.0 cm³/mol. The molecule has 1 nitrogen and oxygen atoms in total. The second-order valence-electron chi connectivity index (χ2n) is 4.63. The van der Waals surface area contributed by atoms with Crippen LogP contribution >= 0.6 is 21.6 Å². The van der Waals surface area contributed by atoms with Gasteiger partial charge in [-0.25, -0.2) is 4.98 Å². The largest absolute Gasteiger partial charge is 0.244 e. The first-order chi connectivity index (χ1) is 7.94. The van der Waals surface area contributed by atoms with Crippen molar-refractivity contribution in [3.8, 4) is 11.2 Å². The van der Waals surface area contributed by atoms with E-state index >= 15 is 0 Å². The number of pyridine rings is 1. The Balaban J connectivity index is 2.46. The maximum Gasteiger partial charge on any atom is 0.129 e. The quantitative estimate of drug-likeness (QED) is 0.519. The highest BCUT2D eigenvalue weighted by Gasteiger charge is 1.99. The van der Waals surface area contributed by atoms with E-state index in [-0.39, 0.29) is 0 Å². The van der Waals surface area contributed by atoms with E-state index in [1.54, 1.807) is 6.20 Å². The van der Waals surface area contributed by atoms with Gasteiger partial charge in [-0.15, -0.1) is 0 Å². The van der Waals surface area contributed by atoms with Crippen molar-refractivity contribution in [3.05, 3.63) is 41.2 Å². The number of benzene rings is 1. The molecule has 0 N–H and O–H groups in total. The van der Waals surface area contributed by atoms with Gasteiger partial charge >= 0.3 is 0 Å². The molecule has 0 saturated heterocycles. The number of hydrogen-bond donors (Lipinski definition) is 0. The zero-order valence-electron chi connectivity index (χ0n) is 10.1. The molecule has 17 heavy (non-hydrogen) atoms. The Morgan fingerprint density at radius 1 is 1.12 bits per heavy atom. The first-order valence-corrected chi connectivity index (χ1v) is 8.44. The van der Waals surface area contributed by atoms with Gasteiger partial charge in [-0.05, 0) is 47.6 Å². The fourth-order valence-corrected chi connectivity index (χ4v) is 1.99. The second kappa shape index (κ2) is 4.60. The molecule has 1 aromatic carbocycles. The Morgan fingerprint density at radius 3 is 2.59 bits per heavy atom. The Bertz CT molecular complexity index is 617. The molecule has 0 amide bonds. The number of aromatic nitrogens is 1. The van der Waals surface area contributed by atoms with E-state index in [4.69, 9.17) is 11.6 Å². The van der Waals surface area contributed by atoms with Crippen molar-refractivity contribution in [1.29, 1.82) is 0 Å². The van der Waals surface area contributed by atoms with Crippen molar-refractivity contribution in [3.63, 3.8) is 0 Å². The van der Waals surface area contributed by atoms with Crippen LogP contribution in [-0.2, 0) is 0 Å². The summed E-state index contributed by atoms with van der Waals surface area (Å²) in [5, 5.41) is 5.99. The minimum absolute atomic E-state index is 0.518. The van der Waals surface area contributed by atoms with Crippen LogP contribution < -0.4 is 0 Å². The van der Waals surface area contributed by atoms with Crippen molar-refractivity contribution in [2.45, 2.75) is 0 Å². The van der Waals surface area contributed by atoms with Crippen LogP contribution in [0.2, 0.25) is 5.15 Å². The number of fused-ring (bicyclic) bond motifs is 1. The Kier molecular flexibility index (Phi) is 3.33. The standard InChI is InChI=1S/C14H14ClNS/c1-17(2,3)7-6-11-4-5-12-10-16-14(15)9-13(12)8-11/h4-5,8-10H,1-3H3. The molecule has 1 aromatic heterocycles. The lowest BCUT2D eigenvalue weighted by molar-refractivity contribution is 1.36. The number of hydrogen-bond acceptors (Lipinski definition) is 1. The molecule has 0 aliphatic heterocycles. The number of nitrogens with zero attached hydrogens (tertiary/aromatic N) is 1. The monoisotopic (exact) mass is 263 g/mol. The molecular formula is C14H14ClNS. The van der Waals surface area contributed by atoms with Crippen LogP contribution in [0, 0.1) is 11.2 Å². The van der Waals surface area contributed by atoms with E-state index in [0.29, 0.717) is 5.15 Å². The lowest BCUT2D eigenvalue weighted by Gasteiger charge is -2.14. The Morgan fingerprint density at radius 2 is 1.88 bits per heavy atom. The zero-order chi connectivity index (χ0) is 12.5. The van der Waals surface area contributed by atoms with E-state index < -0.39 is 10.0 Å². The van der Waals surface area contributed by atoms with Gasteiger partial charge in [-0.2, -0.15) is 10.0 Å². The van der Waals surface area contributed by atoms with Crippen LogP contribution in [0.25, 0.3) is 10.8 Å². The third-order valence-electron chi connectivity index (χ3n) is 2.19. The zero-order valence-corrected chi connectivity index (χ0v) is 11.7. The molecule has 0 atom stereocenters. The summed E-state index contributed by atoms with van der Waals surface area (Å²) in [5.41, 5.74) is 1.03. The molecule has 2 aromatic rings. The molecule has 1 heterocycles. The van der Waals surface area contributed by atoms with Gasteiger partial charge in [0.25, 0.3) is 0 Å². The molecule has 0 saturated carbocycles. The molecular weight excluding hydrogens is 250 g/mol. The van der Waals surface area contributed by atoms with Crippen molar-refractivity contribution in [1.82, 2.24) is 4.98 Å². The minimum Gasteiger partial charge on any atom is -0.244 e. The summed E-state index contributed by atoms with van der Waals surface area (Å²) in [5.74, 6) is 3.22. The van der Waals surface area contributed by atoms with E-state index in [1.807, 2.05) is 18.2 Å². The summed E-state index contributed by atoms with van der Waals surface area (Å²) >= 11 is 5.88. The first-order valence-electron chi connectivity index (χ1n) is 5.20. The minimum atomic E-state index is -0.783. The van der Waals surface area contributed by atoms with Crippen molar-refractivity contribution in [2.24, 2.45) is 0 Å². The van der Waals surface area contributed by atoms with Gasteiger partial charge in [0, 0.05) is 17.1 Å². The summed E-state index contributed by atoms with van der Waals surface area (Å²) < 4.78 is 0. The highest BCUT2D eigenvalue weighted by Crippen LogP contribution is 2.32. The second-order valence-corrected chi connectivity index (χ2v) is 8.90. The molecule has 0 aliphatic rings. The van der Waals surface area contributed by atoms with Crippen LogP contribution in [0.3, 0.4) is 0 Å². The topological polar surface area (TPSA) is 12.9 Å². The maximum atomic E-state index is 5.88. The Labute approximate surface area is 109 Å². The number of halogens is 1. The smallest absolute Gasteiger partial charge is 0.129 e.